The molecule has 0 spiro atoms. The number of carbonyl (C=O) groups is 1. The molecule has 4 heteroatoms. The van der Waals surface area contributed by atoms with Crippen LogP contribution in [0.3, 0.4) is 0 Å². The Morgan fingerprint density at radius 2 is 2.16 bits per heavy atom. The summed E-state index contributed by atoms with van der Waals surface area (Å²) in [6.45, 7) is 6.43. The van der Waals surface area contributed by atoms with E-state index in [1.807, 2.05) is 45.0 Å². The van der Waals surface area contributed by atoms with E-state index in [0.29, 0.717) is 18.0 Å². The summed E-state index contributed by atoms with van der Waals surface area (Å²) < 4.78 is 0. The van der Waals surface area contributed by atoms with E-state index in [0.717, 1.165) is 12.0 Å². The maximum Gasteiger partial charge on any atom is 0.225 e. The molecule has 0 bridgehead atoms. The van der Waals surface area contributed by atoms with Gasteiger partial charge in [-0.2, -0.15) is 0 Å². The van der Waals surface area contributed by atoms with Crippen LogP contribution in [-0.4, -0.2) is 18.5 Å². The maximum absolute atomic E-state index is 12.2. The van der Waals surface area contributed by atoms with Crippen molar-refractivity contribution in [3.05, 3.63) is 34.9 Å². The Hall–Kier alpha value is -1.06. The van der Waals surface area contributed by atoms with Gasteiger partial charge in [0.2, 0.25) is 5.91 Å². The van der Waals surface area contributed by atoms with Crippen LogP contribution in [-0.2, 0) is 11.2 Å². The van der Waals surface area contributed by atoms with E-state index >= 15 is 0 Å². The Morgan fingerprint density at radius 3 is 2.74 bits per heavy atom. The van der Waals surface area contributed by atoms with Gasteiger partial charge in [-0.25, -0.2) is 0 Å². The molecule has 19 heavy (non-hydrogen) atoms. The highest BCUT2D eigenvalue weighted by atomic mass is 35.5. The standard InChI is InChI=1S/C15H23ClN2O/c1-11(17)7-8-18-14(19)15(2,3)10-12-5-4-6-13(16)9-12/h4-6,9,11H,7-8,10,17H2,1-3H3,(H,18,19). The molecule has 106 valence electrons. The van der Waals surface area contributed by atoms with Crippen molar-refractivity contribution in [2.75, 3.05) is 6.54 Å². The normalized spacial score (nSPS) is 13.1. The lowest BCUT2D eigenvalue weighted by molar-refractivity contribution is -0.129. The second kappa shape index (κ2) is 6.92. The molecule has 0 aliphatic heterocycles. The van der Waals surface area contributed by atoms with Crippen molar-refractivity contribution in [2.24, 2.45) is 11.1 Å². The van der Waals surface area contributed by atoms with E-state index in [9.17, 15) is 4.79 Å². The average Bonchev–Trinajstić information content (AvgIpc) is 2.27. The molecule has 3 nitrogen and oxygen atoms in total. The van der Waals surface area contributed by atoms with Crippen molar-refractivity contribution in [1.29, 1.82) is 0 Å². The van der Waals surface area contributed by atoms with Gasteiger partial charge < -0.3 is 11.1 Å². The van der Waals surface area contributed by atoms with Crippen LogP contribution in [0.2, 0.25) is 5.02 Å². The highest BCUT2D eigenvalue weighted by molar-refractivity contribution is 6.30. The van der Waals surface area contributed by atoms with Crippen molar-refractivity contribution in [2.45, 2.75) is 39.7 Å². The Morgan fingerprint density at radius 1 is 1.47 bits per heavy atom. The van der Waals surface area contributed by atoms with Gasteiger partial charge in [-0.15, -0.1) is 0 Å². The number of hydrogen-bond donors (Lipinski definition) is 2. The van der Waals surface area contributed by atoms with E-state index in [4.69, 9.17) is 17.3 Å². The van der Waals surface area contributed by atoms with Crippen molar-refractivity contribution < 1.29 is 4.79 Å². The van der Waals surface area contributed by atoms with Crippen molar-refractivity contribution in [1.82, 2.24) is 5.32 Å². The van der Waals surface area contributed by atoms with Gasteiger partial charge in [0.05, 0.1) is 0 Å². The van der Waals surface area contributed by atoms with E-state index in [1.54, 1.807) is 0 Å². The molecule has 0 aliphatic rings. The molecule has 0 aromatic heterocycles. The third-order valence-corrected chi connectivity index (χ3v) is 3.27. The Labute approximate surface area is 120 Å². The van der Waals surface area contributed by atoms with Gasteiger partial charge >= 0.3 is 0 Å². The number of amides is 1. The molecular weight excluding hydrogens is 260 g/mol. The third-order valence-electron chi connectivity index (χ3n) is 3.04. The lowest BCUT2D eigenvalue weighted by atomic mass is 9.85. The third kappa shape index (κ3) is 5.62. The minimum atomic E-state index is -0.456. The van der Waals surface area contributed by atoms with Crippen molar-refractivity contribution in [3.8, 4) is 0 Å². The fraction of sp³-hybridized carbons (Fsp3) is 0.533. The molecule has 1 aromatic carbocycles. The van der Waals surface area contributed by atoms with Gasteiger partial charge in [0, 0.05) is 23.0 Å². The van der Waals surface area contributed by atoms with Crippen LogP contribution in [0.4, 0.5) is 0 Å². The lowest BCUT2D eigenvalue weighted by Gasteiger charge is -2.24. The monoisotopic (exact) mass is 282 g/mol. The first-order valence-electron chi connectivity index (χ1n) is 6.59. The zero-order valence-electron chi connectivity index (χ0n) is 11.9. The Balaban J connectivity index is 2.57. The summed E-state index contributed by atoms with van der Waals surface area (Å²) in [4.78, 5) is 12.2. The van der Waals surface area contributed by atoms with Crippen LogP contribution in [0.15, 0.2) is 24.3 Å². The minimum Gasteiger partial charge on any atom is -0.356 e. The van der Waals surface area contributed by atoms with Gasteiger partial charge in [0.25, 0.3) is 0 Å². The number of benzene rings is 1. The summed E-state index contributed by atoms with van der Waals surface area (Å²) in [6, 6.07) is 7.74. The topological polar surface area (TPSA) is 55.1 Å². The molecule has 3 N–H and O–H groups in total. The van der Waals surface area contributed by atoms with Gasteiger partial charge in [-0.05, 0) is 37.5 Å². The number of nitrogens with two attached hydrogens (primary N) is 1. The Bertz CT molecular complexity index is 430. The molecule has 1 rings (SSSR count). The number of carbonyl (C=O) groups excluding carboxylic acids is 1. The summed E-state index contributed by atoms with van der Waals surface area (Å²) >= 11 is 5.96. The molecule has 0 heterocycles. The van der Waals surface area contributed by atoms with Crippen molar-refractivity contribution >= 4 is 17.5 Å². The molecular formula is C15H23ClN2O. The fourth-order valence-electron chi connectivity index (χ4n) is 1.89. The van der Waals surface area contributed by atoms with E-state index in [-0.39, 0.29) is 11.9 Å². The second-order valence-corrected chi connectivity index (χ2v) is 6.15. The number of nitrogens with one attached hydrogen (secondary N) is 1. The second-order valence-electron chi connectivity index (χ2n) is 5.71. The van der Waals surface area contributed by atoms with Gasteiger partial charge in [-0.3, -0.25) is 4.79 Å². The molecule has 0 fully saturated rings. The smallest absolute Gasteiger partial charge is 0.225 e. The predicted molar refractivity (Wildman–Crippen MR) is 80.2 cm³/mol. The molecule has 1 unspecified atom stereocenters. The van der Waals surface area contributed by atoms with Crippen LogP contribution in [0, 0.1) is 5.41 Å². The summed E-state index contributed by atoms with van der Waals surface area (Å²) in [5.41, 5.74) is 6.28. The highest BCUT2D eigenvalue weighted by Gasteiger charge is 2.27. The van der Waals surface area contributed by atoms with Crippen LogP contribution in [0.1, 0.15) is 32.8 Å². The van der Waals surface area contributed by atoms with E-state index in [2.05, 4.69) is 5.32 Å². The van der Waals surface area contributed by atoms with Crippen molar-refractivity contribution in [3.63, 3.8) is 0 Å². The zero-order chi connectivity index (χ0) is 14.5. The van der Waals surface area contributed by atoms with Gasteiger partial charge in [0.15, 0.2) is 0 Å². The largest absolute Gasteiger partial charge is 0.356 e. The maximum atomic E-state index is 12.2. The first-order chi connectivity index (χ1) is 8.81. The van der Waals surface area contributed by atoms with Gasteiger partial charge in [0.1, 0.15) is 0 Å². The van der Waals surface area contributed by atoms with Crippen LogP contribution >= 0.6 is 11.6 Å². The van der Waals surface area contributed by atoms with Crippen LogP contribution < -0.4 is 11.1 Å². The molecule has 0 radical (unpaired) electrons. The quantitative estimate of drug-likeness (QED) is 0.843. The summed E-state index contributed by atoms with van der Waals surface area (Å²) in [5, 5.41) is 3.64. The van der Waals surface area contributed by atoms with Gasteiger partial charge in [-0.1, -0.05) is 37.6 Å². The molecule has 1 amide bonds. The molecule has 1 aromatic rings. The highest BCUT2D eigenvalue weighted by Crippen LogP contribution is 2.23. The zero-order valence-corrected chi connectivity index (χ0v) is 12.6. The van der Waals surface area contributed by atoms with Crippen LogP contribution in [0.5, 0.6) is 0 Å². The SMILES string of the molecule is CC(N)CCNC(=O)C(C)(C)Cc1cccc(Cl)c1. The number of hydrogen-bond acceptors (Lipinski definition) is 2. The molecule has 0 aliphatic carbocycles. The molecule has 0 saturated carbocycles. The minimum absolute atomic E-state index is 0.0492. The number of rotatable bonds is 6. The molecule has 1 atom stereocenters. The first-order valence-corrected chi connectivity index (χ1v) is 6.97. The predicted octanol–water partition coefficient (Wildman–Crippen LogP) is 2.76. The Kier molecular flexibility index (Phi) is 5.83. The summed E-state index contributed by atoms with van der Waals surface area (Å²) in [7, 11) is 0. The first kappa shape index (κ1) is 16.0. The lowest BCUT2D eigenvalue weighted by Crippen LogP contribution is -2.39. The van der Waals surface area contributed by atoms with Crippen LogP contribution in [0.25, 0.3) is 0 Å². The summed E-state index contributed by atoms with van der Waals surface area (Å²) in [6.07, 6.45) is 1.45. The molecule has 0 saturated heterocycles. The van der Waals surface area contributed by atoms with E-state index < -0.39 is 5.41 Å². The van der Waals surface area contributed by atoms with E-state index in [1.165, 1.54) is 0 Å². The number of halogens is 1. The average molecular weight is 283 g/mol. The summed E-state index contributed by atoms with van der Waals surface area (Å²) in [5.74, 6) is 0.0492. The fourth-order valence-corrected chi connectivity index (χ4v) is 2.10.